The fourth-order valence-corrected chi connectivity index (χ4v) is 3.41. The second kappa shape index (κ2) is 8.17. The molecular formula is C22H26N2O2. The van der Waals surface area contributed by atoms with Crippen molar-refractivity contribution in [3.05, 3.63) is 60.2 Å². The minimum atomic E-state index is -0.118. The fourth-order valence-electron chi connectivity index (χ4n) is 3.41. The van der Waals surface area contributed by atoms with Crippen LogP contribution in [0.1, 0.15) is 32.3 Å². The van der Waals surface area contributed by atoms with E-state index in [4.69, 9.17) is 0 Å². The first kappa shape index (κ1) is 18.2. The summed E-state index contributed by atoms with van der Waals surface area (Å²) in [4.78, 5) is 26.3. The first-order valence-corrected chi connectivity index (χ1v) is 9.26. The van der Waals surface area contributed by atoms with E-state index in [2.05, 4.69) is 29.6 Å². The first-order valence-electron chi connectivity index (χ1n) is 9.26. The van der Waals surface area contributed by atoms with E-state index in [1.807, 2.05) is 49.1 Å². The molecule has 0 unspecified atom stereocenters. The van der Waals surface area contributed by atoms with Gasteiger partial charge in [0.15, 0.2) is 0 Å². The van der Waals surface area contributed by atoms with Gasteiger partial charge in [0, 0.05) is 25.6 Å². The number of rotatable bonds is 5. The zero-order chi connectivity index (χ0) is 18.5. The van der Waals surface area contributed by atoms with E-state index < -0.39 is 0 Å². The molecule has 3 rings (SSSR count). The standard InChI is InChI=1S/C22H26N2O2/c1-16(2)24-15-20(11-12-21(24)25)22(26)23-14-17-7-6-10-19(13-17)18-8-4-3-5-9-18/h3-10,13,16,20H,11-12,14-15H2,1-2H3,(H,23,26)/t20-/m0/s1. The highest BCUT2D eigenvalue weighted by molar-refractivity contribution is 5.84. The number of benzene rings is 2. The van der Waals surface area contributed by atoms with E-state index >= 15 is 0 Å². The van der Waals surface area contributed by atoms with Gasteiger partial charge in [-0.15, -0.1) is 0 Å². The average molecular weight is 350 g/mol. The second-order valence-corrected chi connectivity index (χ2v) is 7.16. The SMILES string of the molecule is CC(C)N1C[C@@H](C(=O)NCc2cccc(-c3ccccc3)c2)CCC1=O. The summed E-state index contributed by atoms with van der Waals surface area (Å²) in [7, 11) is 0. The normalized spacial score (nSPS) is 17.4. The Labute approximate surface area is 155 Å². The van der Waals surface area contributed by atoms with Crippen molar-refractivity contribution in [1.82, 2.24) is 10.2 Å². The molecule has 1 aliphatic heterocycles. The monoisotopic (exact) mass is 350 g/mol. The van der Waals surface area contributed by atoms with Crippen molar-refractivity contribution in [2.24, 2.45) is 5.92 Å². The number of carbonyl (C=O) groups is 2. The number of hydrogen-bond acceptors (Lipinski definition) is 2. The first-order chi connectivity index (χ1) is 12.5. The van der Waals surface area contributed by atoms with E-state index in [9.17, 15) is 9.59 Å². The maximum absolute atomic E-state index is 12.6. The molecule has 0 radical (unpaired) electrons. The molecule has 0 aliphatic carbocycles. The van der Waals surface area contributed by atoms with Gasteiger partial charge in [0.25, 0.3) is 0 Å². The van der Waals surface area contributed by atoms with E-state index in [1.165, 1.54) is 5.56 Å². The Kier molecular flexibility index (Phi) is 5.71. The van der Waals surface area contributed by atoms with Crippen molar-refractivity contribution >= 4 is 11.8 Å². The highest BCUT2D eigenvalue weighted by Gasteiger charge is 2.31. The van der Waals surface area contributed by atoms with Crippen LogP contribution in [0, 0.1) is 5.92 Å². The topological polar surface area (TPSA) is 49.4 Å². The molecule has 2 aromatic carbocycles. The summed E-state index contributed by atoms with van der Waals surface area (Å²) < 4.78 is 0. The molecule has 26 heavy (non-hydrogen) atoms. The molecular weight excluding hydrogens is 324 g/mol. The zero-order valence-electron chi connectivity index (χ0n) is 15.4. The summed E-state index contributed by atoms with van der Waals surface area (Å²) in [6, 6.07) is 18.6. The van der Waals surface area contributed by atoms with E-state index in [0.29, 0.717) is 25.9 Å². The van der Waals surface area contributed by atoms with Gasteiger partial charge < -0.3 is 10.2 Å². The van der Waals surface area contributed by atoms with Crippen molar-refractivity contribution in [3.63, 3.8) is 0 Å². The average Bonchev–Trinajstić information content (AvgIpc) is 2.67. The molecule has 1 atom stereocenters. The Morgan fingerprint density at radius 3 is 2.58 bits per heavy atom. The number of nitrogens with one attached hydrogen (secondary N) is 1. The van der Waals surface area contributed by atoms with Crippen molar-refractivity contribution in [2.45, 2.75) is 39.3 Å². The molecule has 0 aromatic heterocycles. The molecule has 0 saturated carbocycles. The maximum atomic E-state index is 12.6. The van der Waals surface area contributed by atoms with Crippen LogP contribution in [0.25, 0.3) is 11.1 Å². The zero-order valence-corrected chi connectivity index (χ0v) is 15.4. The third-order valence-corrected chi connectivity index (χ3v) is 4.94. The van der Waals surface area contributed by atoms with Crippen LogP contribution in [0.15, 0.2) is 54.6 Å². The number of amides is 2. The lowest BCUT2D eigenvalue weighted by molar-refractivity contribution is -0.140. The predicted molar refractivity (Wildman–Crippen MR) is 103 cm³/mol. The van der Waals surface area contributed by atoms with Crippen LogP contribution in [0.4, 0.5) is 0 Å². The molecule has 1 fully saturated rings. The number of hydrogen-bond donors (Lipinski definition) is 1. The minimum Gasteiger partial charge on any atom is -0.352 e. The summed E-state index contributed by atoms with van der Waals surface area (Å²) in [5.41, 5.74) is 3.39. The van der Waals surface area contributed by atoms with Gasteiger partial charge in [0.05, 0.1) is 5.92 Å². The highest BCUT2D eigenvalue weighted by atomic mass is 16.2. The Morgan fingerprint density at radius 2 is 1.85 bits per heavy atom. The van der Waals surface area contributed by atoms with Gasteiger partial charge in [-0.05, 0) is 43.0 Å². The van der Waals surface area contributed by atoms with Crippen molar-refractivity contribution < 1.29 is 9.59 Å². The fraction of sp³-hybridized carbons (Fsp3) is 0.364. The summed E-state index contributed by atoms with van der Waals surface area (Å²) in [6.07, 6.45) is 1.09. The molecule has 1 saturated heterocycles. The number of nitrogens with zero attached hydrogens (tertiary/aromatic N) is 1. The number of likely N-dealkylation sites (tertiary alicyclic amines) is 1. The predicted octanol–water partition coefficient (Wildman–Crippen LogP) is 3.62. The van der Waals surface area contributed by atoms with Crippen LogP contribution >= 0.6 is 0 Å². The van der Waals surface area contributed by atoms with Crippen LogP contribution in [-0.4, -0.2) is 29.3 Å². The van der Waals surface area contributed by atoms with Gasteiger partial charge in [-0.25, -0.2) is 0 Å². The third-order valence-electron chi connectivity index (χ3n) is 4.94. The Morgan fingerprint density at radius 1 is 1.12 bits per heavy atom. The summed E-state index contributed by atoms with van der Waals surface area (Å²) in [5, 5.41) is 3.04. The molecule has 0 bridgehead atoms. The lowest BCUT2D eigenvalue weighted by Gasteiger charge is -2.34. The van der Waals surface area contributed by atoms with Gasteiger partial charge in [0.2, 0.25) is 11.8 Å². The number of carbonyl (C=O) groups excluding carboxylic acids is 2. The van der Waals surface area contributed by atoms with Gasteiger partial charge in [-0.2, -0.15) is 0 Å². The van der Waals surface area contributed by atoms with Gasteiger partial charge in [0.1, 0.15) is 0 Å². The quantitative estimate of drug-likeness (QED) is 0.895. The second-order valence-electron chi connectivity index (χ2n) is 7.16. The van der Waals surface area contributed by atoms with Crippen molar-refractivity contribution in [3.8, 4) is 11.1 Å². The van der Waals surface area contributed by atoms with Crippen LogP contribution in [0.3, 0.4) is 0 Å². The Hall–Kier alpha value is -2.62. The highest BCUT2D eigenvalue weighted by Crippen LogP contribution is 2.21. The molecule has 1 N–H and O–H groups in total. The summed E-state index contributed by atoms with van der Waals surface area (Å²) in [6.45, 7) is 5.01. The molecule has 4 nitrogen and oxygen atoms in total. The minimum absolute atomic E-state index is 0.0354. The molecule has 0 spiro atoms. The molecule has 2 aromatic rings. The molecule has 136 valence electrons. The van der Waals surface area contributed by atoms with Crippen molar-refractivity contribution in [1.29, 1.82) is 0 Å². The third kappa shape index (κ3) is 4.31. The van der Waals surface area contributed by atoms with Crippen LogP contribution in [0.5, 0.6) is 0 Å². The van der Waals surface area contributed by atoms with E-state index in [-0.39, 0.29) is 23.8 Å². The summed E-state index contributed by atoms with van der Waals surface area (Å²) >= 11 is 0. The molecule has 4 heteroatoms. The van der Waals surface area contributed by atoms with Crippen LogP contribution in [-0.2, 0) is 16.1 Å². The van der Waals surface area contributed by atoms with Gasteiger partial charge in [-0.1, -0.05) is 48.5 Å². The van der Waals surface area contributed by atoms with Crippen LogP contribution < -0.4 is 5.32 Å². The van der Waals surface area contributed by atoms with Crippen molar-refractivity contribution in [2.75, 3.05) is 6.54 Å². The lowest BCUT2D eigenvalue weighted by atomic mass is 9.95. The van der Waals surface area contributed by atoms with Gasteiger partial charge >= 0.3 is 0 Å². The summed E-state index contributed by atoms with van der Waals surface area (Å²) in [5.74, 6) is 0.0697. The van der Waals surface area contributed by atoms with E-state index in [0.717, 1.165) is 11.1 Å². The van der Waals surface area contributed by atoms with E-state index in [1.54, 1.807) is 0 Å². The maximum Gasteiger partial charge on any atom is 0.225 e. The number of piperidine rings is 1. The Balaban J connectivity index is 1.61. The molecule has 2 amide bonds. The smallest absolute Gasteiger partial charge is 0.225 e. The largest absolute Gasteiger partial charge is 0.352 e. The molecule has 1 aliphatic rings. The Bertz CT molecular complexity index is 771. The van der Waals surface area contributed by atoms with Crippen LogP contribution in [0.2, 0.25) is 0 Å². The molecule has 1 heterocycles. The lowest BCUT2D eigenvalue weighted by Crippen LogP contribution is -2.48. The van der Waals surface area contributed by atoms with Gasteiger partial charge in [-0.3, -0.25) is 9.59 Å².